The molecule has 4 aromatic rings. The van der Waals surface area contributed by atoms with Crippen molar-refractivity contribution in [3.63, 3.8) is 0 Å². The van der Waals surface area contributed by atoms with Crippen LogP contribution in [0.25, 0.3) is 10.9 Å². The molecule has 0 aliphatic heterocycles. The molecule has 4 rings (SSSR count). The molecule has 0 unspecified atom stereocenters. The van der Waals surface area contributed by atoms with Gasteiger partial charge in [-0.25, -0.2) is 4.98 Å². The van der Waals surface area contributed by atoms with E-state index in [9.17, 15) is 9.59 Å². The van der Waals surface area contributed by atoms with E-state index in [1.807, 2.05) is 61.5 Å². The van der Waals surface area contributed by atoms with E-state index in [2.05, 4.69) is 36.4 Å². The number of fused-ring (bicyclic) bond motifs is 1. The van der Waals surface area contributed by atoms with E-state index < -0.39 is 0 Å². The van der Waals surface area contributed by atoms with Crippen molar-refractivity contribution in [2.75, 3.05) is 10.6 Å². The highest BCUT2D eigenvalue weighted by molar-refractivity contribution is 6.04. The van der Waals surface area contributed by atoms with Crippen molar-refractivity contribution in [2.45, 2.75) is 33.1 Å². The van der Waals surface area contributed by atoms with Crippen LogP contribution in [0.3, 0.4) is 0 Å². The summed E-state index contributed by atoms with van der Waals surface area (Å²) in [5.74, 6) is -0.156. The molecule has 0 bridgehead atoms. The summed E-state index contributed by atoms with van der Waals surface area (Å²) in [5.41, 5.74) is 5.57. The second-order valence-electron chi connectivity index (χ2n) is 9.33. The highest BCUT2D eigenvalue weighted by Gasteiger charge is 2.16. The molecule has 6 nitrogen and oxygen atoms in total. The molecule has 2 N–H and O–H groups in total. The topological polar surface area (TPSA) is 76.0 Å². The number of aryl methyl sites for hydroxylation is 2. The maximum absolute atomic E-state index is 12.9. The third-order valence-electron chi connectivity index (χ3n) is 5.68. The van der Waals surface area contributed by atoms with Gasteiger partial charge >= 0.3 is 0 Å². The van der Waals surface area contributed by atoms with Gasteiger partial charge in [0.15, 0.2) is 0 Å². The van der Waals surface area contributed by atoms with Gasteiger partial charge < -0.3 is 15.2 Å². The first kappa shape index (κ1) is 22.3. The molecule has 33 heavy (non-hydrogen) atoms. The van der Waals surface area contributed by atoms with Crippen molar-refractivity contribution >= 4 is 33.9 Å². The molecule has 1 amide bonds. The Morgan fingerprint density at radius 3 is 2.48 bits per heavy atom. The average Bonchev–Trinajstić information content (AvgIpc) is 2.78. The lowest BCUT2D eigenvalue weighted by Gasteiger charge is -2.19. The number of carbonyl (C=O) groups excluding carboxylic acids is 1. The molecule has 0 radical (unpaired) electrons. The van der Waals surface area contributed by atoms with Crippen LogP contribution in [-0.2, 0) is 12.5 Å². The second-order valence-corrected chi connectivity index (χ2v) is 9.33. The Morgan fingerprint density at radius 2 is 1.73 bits per heavy atom. The van der Waals surface area contributed by atoms with Crippen LogP contribution in [-0.4, -0.2) is 15.5 Å². The van der Waals surface area contributed by atoms with Crippen molar-refractivity contribution in [3.05, 3.63) is 94.0 Å². The molecule has 0 spiro atoms. The minimum atomic E-state index is -0.156. The molecule has 0 saturated heterocycles. The molecular formula is C27H28N4O2. The van der Waals surface area contributed by atoms with Crippen molar-refractivity contribution in [3.8, 4) is 0 Å². The first-order chi connectivity index (χ1) is 15.6. The van der Waals surface area contributed by atoms with Crippen molar-refractivity contribution in [2.24, 2.45) is 7.05 Å². The Hall–Kier alpha value is -3.93. The van der Waals surface area contributed by atoms with Crippen LogP contribution in [0.15, 0.2) is 71.8 Å². The van der Waals surface area contributed by atoms with Gasteiger partial charge in [0, 0.05) is 29.7 Å². The van der Waals surface area contributed by atoms with E-state index in [1.54, 1.807) is 13.1 Å². The molecule has 168 valence electrons. The average molecular weight is 441 g/mol. The highest BCUT2D eigenvalue weighted by Crippen LogP contribution is 2.27. The number of rotatable bonds is 4. The lowest BCUT2D eigenvalue weighted by atomic mass is 9.86. The summed E-state index contributed by atoms with van der Waals surface area (Å²) in [6.07, 6.45) is 1.52. The Kier molecular flexibility index (Phi) is 5.77. The van der Waals surface area contributed by atoms with E-state index >= 15 is 0 Å². The fourth-order valence-electron chi connectivity index (χ4n) is 3.61. The summed E-state index contributed by atoms with van der Waals surface area (Å²) < 4.78 is 1.46. The Labute approximate surface area is 193 Å². The van der Waals surface area contributed by atoms with Gasteiger partial charge in [-0.2, -0.15) is 0 Å². The van der Waals surface area contributed by atoms with Crippen LogP contribution in [0, 0.1) is 6.92 Å². The zero-order valence-corrected chi connectivity index (χ0v) is 19.6. The summed E-state index contributed by atoms with van der Waals surface area (Å²) in [6.45, 7) is 8.37. The number of anilines is 3. The molecule has 0 saturated carbocycles. The number of nitrogens with zero attached hydrogens (tertiary/aromatic N) is 2. The van der Waals surface area contributed by atoms with Gasteiger partial charge in [0.1, 0.15) is 0 Å². The number of amides is 1. The number of hydrogen-bond donors (Lipinski definition) is 2. The molecule has 1 aromatic heterocycles. The third-order valence-corrected chi connectivity index (χ3v) is 5.68. The zero-order chi connectivity index (χ0) is 23.8. The second kappa shape index (κ2) is 8.54. The molecular weight excluding hydrogens is 412 g/mol. The van der Waals surface area contributed by atoms with Crippen molar-refractivity contribution < 1.29 is 4.79 Å². The fraction of sp³-hybridized carbons (Fsp3) is 0.222. The van der Waals surface area contributed by atoms with E-state index in [1.165, 1.54) is 10.9 Å². The number of nitrogens with one attached hydrogen (secondary N) is 2. The van der Waals surface area contributed by atoms with Crippen LogP contribution in [0.4, 0.5) is 17.1 Å². The Balaban J connectivity index is 1.59. The minimum Gasteiger partial charge on any atom is -0.355 e. The Morgan fingerprint density at radius 1 is 0.970 bits per heavy atom. The number of hydrogen-bond acceptors (Lipinski definition) is 4. The standard InChI is InChI=1S/C27H28N4O2/c1-17-9-10-21(30-25(32)18-7-6-8-19(13-18)27(2,3)4)15-24(17)29-20-11-12-23-22(14-20)26(33)31(5)16-28-23/h6-16,29H,1-5H3,(H,30,32). The maximum Gasteiger partial charge on any atom is 0.260 e. The van der Waals surface area contributed by atoms with Gasteiger partial charge in [0.05, 0.1) is 17.2 Å². The maximum atomic E-state index is 12.9. The van der Waals surface area contributed by atoms with Crippen LogP contribution >= 0.6 is 0 Å². The largest absolute Gasteiger partial charge is 0.355 e. The summed E-state index contributed by atoms with van der Waals surface area (Å²) in [6, 6.07) is 18.9. The highest BCUT2D eigenvalue weighted by atomic mass is 16.1. The van der Waals surface area contributed by atoms with Crippen molar-refractivity contribution in [1.82, 2.24) is 9.55 Å². The van der Waals surface area contributed by atoms with Gasteiger partial charge in [-0.1, -0.05) is 39.0 Å². The van der Waals surface area contributed by atoms with Gasteiger partial charge in [0.25, 0.3) is 11.5 Å². The van der Waals surface area contributed by atoms with Gasteiger partial charge in [-0.05, 0) is 65.9 Å². The summed E-state index contributed by atoms with van der Waals surface area (Å²) in [5, 5.41) is 6.91. The first-order valence-corrected chi connectivity index (χ1v) is 10.9. The number of aromatic nitrogens is 2. The lowest BCUT2D eigenvalue weighted by molar-refractivity contribution is 0.102. The Bertz CT molecular complexity index is 1410. The molecule has 0 aliphatic carbocycles. The quantitative estimate of drug-likeness (QED) is 0.437. The monoisotopic (exact) mass is 440 g/mol. The first-order valence-electron chi connectivity index (χ1n) is 10.9. The molecule has 0 aliphatic rings. The summed E-state index contributed by atoms with van der Waals surface area (Å²) >= 11 is 0. The van der Waals surface area contributed by atoms with E-state index in [0.717, 1.165) is 22.5 Å². The lowest BCUT2D eigenvalue weighted by Crippen LogP contribution is -2.17. The summed E-state index contributed by atoms with van der Waals surface area (Å²) in [4.78, 5) is 29.6. The predicted molar refractivity (Wildman–Crippen MR) is 135 cm³/mol. The van der Waals surface area contributed by atoms with Crippen LogP contribution < -0.4 is 16.2 Å². The van der Waals surface area contributed by atoms with Crippen LogP contribution in [0.2, 0.25) is 0 Å². The van der Waals surface area contributed by atoms with E-state index in [4.69, 9.17) is 0 Å². The predicted octanol–water partition coefficient (Wildman–Crippen LogP) is 5.54. The van der Waals surface area contributed by atoms with E-state index in [-0.39, 0.29) is 16.9 Å². The third kappa shape index (κ3) is 4.80. The minimum absolute atomic E-state index is 0.0341. The SMILES string of the molecule is Cc1ccc(NC(=O)c2cccc(C(C)(C)C)c2)cc1Nc1ccc2ncn(C)c(=O)c2c1. The number of benzene rings is 3. The van der Waals surface area contributed by atoms with Gasteiger partial charge in [0.2, 0.25) is 0 Å². The van der Waals surface area contributed by atoms with Crippen LogP contribution in [0.5, 0.6) is 0 Å². The van der Waals surface area contributed by atoms with E-state index in [0.29, 0.717) is 22.2 Å². The van der Waals surface area contributed by atoms with Crippen molar-refractivity contribution in [1.29, 1.82) is 0 Å². The normalized spacial score (nSPS) is 11.4. The van der Waals surface area contributed by atoms with Gasteiger partial charge in [-0.3, -0.25) is 9.59 Å². The smallest absolute Gasteiger partial charge is 0.260 e. The molecule has 0 atom stereocenters. The number of carbonyl (C=O) groups is 1. The molecule has 0 fully saturated rings. The molecule has 1 heterocycles. The molecule has 3 aromatic carbocycles. The fourth-order valence-corrected chi connectivity index (χ4v) is 3.61. The molecule has 6 heteroatoms. The zero-order valence-electron chi connectivity index (χ0n) is 19.6. The van der Waals surface area contributed by atoms with Crippen LogP contribution in [0.1, 0.15) is 42.3 Å². The summed E-state index contributed by atoms with van der Waals surface area (Å²) in [7, 11) is 1.68. The van der Waals surface area contributed by atoms with Gasteiger partial charge in [-0.15, -0.1) is 0 Å².